The largest absolute Gasteiger partial charge is 0.487 e. The van der Waals surface area contributed by atoms with Crippen molar-refractivity contribution >= 4 is 34.8 Å². The highest BCUT2D eigenvalue weighted by atomic mass is 35.5. The second kappa shape index (κ2) is 7.95. The second-order valence-corrected chi connectivity index (χ2v) is 6.26. The fourth-order valence-corrected chi connectivity index (χ4v) is 2.61. The number of amides is 1. The van der Waals surface area contributed by atoms with E-state index in [1.54, 1.807) is 12.1 Å². The number of benzene rings is 1. The molecule has 1 amide bonds. The van der Waals surface area contributed by atoms with Gasteiger partial charge in [-0.1, -0.05) is 11.6 Å². The summed E-state index contributed by atoms with van der Waals surface area (Å²) >= 11 is 10.7. The van der Waals surface area contributed by atoms with Crippen molar-refractivity contribution in [3.8, 4) is 11.4 Å². The van der Waals surface area contributed by atoms with Crippen molar-refractivity contribution < 1.29 is 18.3 Å². The molecule has 0 radical (unpaired) electrons. The molecule has 3 rings (SSSR count). The molecule has 0 bridgehead atoms. The van der Waals surface area contributed by atoms with Crippen molar-refractivity contribution in [2.75, 3.05) is 5.32 Å². The van der Waals surface area contributed by atoms with Crippen molar-refractivity contribution in [1.29, 1.82) is 0 Å². The van der Waals surface area contributed by atoms with E-state index in [0.717, 1.165) is 0 Å². The Kier molecular flexibility index (Phi) is 5.62. The molecule has 10 heteroatoms. The van der Waals surface area contributed by atoms with Crippen LogP contribution in [-0.4, -0.2) is 21.0 Å². The van der Waals surface area contributed by atoms with Crippen molar-refractivity contribution in [3.63, 3.8) is 0 Å². The Bertz CT molecular complexity index is 1070. The fourth-order valence-electron chi connectivity index (χ4n) is 2.31. The lowest BCUT2D eigenvalue weighted by Crippen LogP contribution is -2.21. The summed E-state index contributed by atoms with van der Waals surface area (Å²) in [5.41, 5.74) is -3.40. The summed E-state index contributed by atoms with van der Waals surface area (Å²) in [6, 6.07) is 10.9. The topological polar surface area (TPSA) is 73.2 Å². The molecular formula is C18H11Cl2F2N3O3. The highest BCUT2D eigenvalue weighted by Gasteiger charge is 2.27. The van der Waals surface area contributed by atoms with Crippen molar-refractivity contribution in [1.82, 2.24) is 9.55 Å². The molecule has 0 unspecified atom stereocenters. The predicted octanol–water partition coefficient (Wildman–Crippen LogP) is 4.31. The van der Waals surface area contributed by atoms with Gasteiger partial charge in [0.25, 0.3) is 11.5 Å². The standard InChI is InChI=1S/C18H11Cl2F2N3O3/c19-16-14(2-1-9-23-16)25-10-11(3-8-15(25)26)17(27)24-12-4-6-13(7-5-12)28-18(20,21)22/h1-10H,(H,24,27). The first-order valence-electron chi connectivity index (χ1n) is 7.74. The molecule has 28 heavy (non-hydrogen) atoms. The van der Waals surface area contributed by atoms with Crippen LogP contribution in [0.4, 0.5) is 14.5 Å². The summed E-state index contributed by atoms with van der Waals surface area (Å²) in [6.45, 7) is 0. The van der Waals surface area contributed by atoms with Crippen LogP contribution in [0.3, 0.4) is 0 Å². The maximum Gasteiger partial charge on any atom is 0.487 e. The zero-order chi connectivity index (χ0) is 20.3. The average Bonchev–Trinajstić information content (AvgIpc) is 2.63. The van der Waals surface area contributed by atoms with Gasteiger partial charge >= 0.3 is 5.57 Å². The molecule has 144 valence electrons. The third-order valence-corrected chi connectivity index (χ3v) is 3.89. The number of hydrogen-bond donors (Lipinski definition) is 1. The Balaban J connectivity index is 1.81. The number of aromatic nitrogens is 2. The summed E-state index contributed by atoms with van der Waals surface area (Å²) in [7, 11) is 0. The highest BCUT2D eigenvalue weighted by Crippen LogP contribution is 2.26. The Morgan fingerprint density at radius 3 is 2.50 bits per heavy atom. The van der Waals surface area contributed by atoms with Gasteiger partial charge in [0.1, 0.15) is 5.75 Å². The molecule has 1 N–H and O–H groups in total. The van der Waals surface area contributed by atoms with Gasteiger partial charge in [-0.15, -0.1) is 8.78 Å². The first-order chi connectivity index (χ1) is 13.2. The van der Waals surface area contributed by atoms with Gasteiger partial charge in [0.2, 0.25) is 0 Å². The SMILES string of the molecule is O=C(Nc1ccc(OC(F)(F)Cl)cc1)c1ccc(=O)n(-c2cccnc2Cl)c1. The zero-order valence-corrected chi connectivity index (χ0v) is 15.4. The number of halogens is 4. The van der Waals surface area contributed by atoms with E-state index in [-0.39, 0.29) is 16.5 Å². The molecule has 0 atom stereocenters. The van der Waals surface area contributed by atoms with E-state index in [1.165, 1.54) is 53.4 Å². The number of ether oxygens (including phenoxy) is 1. The number of nitrogens with one attached hydrogen (secondary N) is 1. The minimum atomic E-state index is -3.83. The Morgan fingerprint density at radius 2 is 1.86 bits per heavy atom. The van der Waals surface area contributed by atoms with E-state index < -0.39 is 17.0 Å². The Labute approximate surface area is 167 Å². The second-order valence-electron chi connectivity index (χ2n) is 5.47. The lowest BCUT2D eigenvalue weighted by atomic mass is 10.2. The summed E-state index contributed by atoms with van der Waals surface area (Å²) in [5, 5.41) is 2.69. The van der Waals surface area contributed by atoms with Gasteiger partial charge in [-0.2, -0.15) is 0 Å². The molecule has 1 aromatic carbocycles. The molecule has 0 fully saturated rings. The number of anilines is 1. The number of nitrogens with zero attached hydrogens (tertiary/aromatic N) is 2. The number of alkyl halides is 3. The number of rotatable bonds is 5. The third-order valence-electron chi connectivity index (χ3n) is 3.52. The molecule has 2 heterocycles. The van der Waals surface area contributed by atoms with Crippen LogP contribution in [0.1, 0.15) is 10.4 Å². The Hall–Kier alpha value is -2.97. The number of pyridine rings is 2. The van der Waals surface area contributed by atoms with E-state index in [0.29, 0.717) is 11.4 Å². The van der Waals surface area contributed by atoms with Crippen LogP contribution in [0, 0.1) is 0 Å². The van der Waals surface area contributed by atoms with Crippen LogP contribution in [-0.2, 0) is 0 Å². The molecule has 0 saturated heterocycles. The highest BCUT2D eigenvalue weighted by molar-refractivity contribution is 6.31. The lowest BCUT2D eigenvalue weighted by molar-refractivity contribution is -0.0964. The summed E-state index contributed by atoms with van der Waals surface area (Å²) in [4.78, 5) is 28.5. The van der Waals surface area contributed by atoms with E-state index in [2.05, 4.69) is 15.0 Å². The van der Waals surface area contributed by atoms with Crippen molar-refractivity contribution in [2.24, 2.45) is 0 Å². The smallest absolute Gasteiger partial charge is 0.420 e. The van der Waals surface area contributed by atoms with Gasteiger partial charge in [-0.3, -0.25) is 14.2 Å². The summed E-state index contributed by atoms with van der Waals surface area (Å²) < 4.78 is 30.6. The summed E-state index contributed by atoms with van der Waals surface area (Å²) in [5.74, 6) is -0.692. The van der Waals surface area contributed by atoms with Gasteiger partial charge in [0, 0.05) is 35.7 Å². The molecule has 2 aromatic heterocycles. The third kappa shape index (κ3) is 4.85. The van der Waals surface area contributed by atoms with Gasteiger partial charge in [0.05, 0.1) is 11.3 Å². The average molecular weight is 426 g/mol. The molecular weight excluding hydrogens is 415 g/mol. The molecule has 3 aromatic rings. The molecule has 0 saturated carbocycles. The Morgan fingerprint density at radius 1 is 1.14 bits per heavy atom. The van der Waals surface area contributed by atoms with E-state index in [4.69, 9.17) is 23.2 Å². The van der Waals surface area contributed by atoms with Crippen molar-refractivity contribution in [3.05, 3.63) is 82.0 Å². The molecule has 6 nitrogen and oxygen atoms in total. The number of carbonyl (C=O) groups excluding carboxylic acids is 1. The predicted molar refractivity (Wildman–Crippen MR) is 101 cm³/mol. The molecule has 0 aliphatic carbocycles. The van der Waals surface area contributed by atoms with Gasteiger partial charge in [-0.25, -0.2) is 4.98 Å². The molecule has 0 aliphatic rings. The normalized spacial score (nSPS) is 11.1. The van der Waals surface area contributed by atoms with E-state index >= 15 is 0 Å². The number of hydrogen-bond acceptors (Lipinski definition) is 4. The molecule has 0 spiro atoms. The first kappa shape index (κ1) is 19.8. The monoisotopic (exact) mass is 425 g/mol. The van der Waals surface area contributed by atoms with Gasteiger partial charge in [0.15, 0.2) is 5.15 Å². The quantitative estimate of drug-likeness (QED) is 0.488. The van der Waals surface area contributed by atoms with Crippen molar-refractivity contribution in [2.45, 2.75) is 5.57 Å². The maximum absolute atomic E-state index is 12.6. The minimum Gasteiger partial charge on any atom is -0.420 e. The molecule has 0 aliphatic heterocycles. The van der Waals surface area contributed by atoms with Crippen LogP contribution >= 0.6 is 23.2 Å². The first-order valence-corrected chi connectivity index (χ1v) is 8.49. The van der Waals surface area contributed by atoms with Crippen LogP contribution in [0.15, 0.2) is 65.7 Å². The van der Waals surface area contributed by atoms with E-state index in [9.17, 15) is 18.4 Å². The number of carbonyl (C=O) groups is 1. The maximum atomic E-state index is 12.6. The lowest BCUT2D eigenvalue weighted by Gasteiger charge is -2.12. The van der Waals surface area contributed by atoms with Crippen LogP contribution in [0.5, 0.6) is 5.75 Å². The minimum absolute atomic E-state index is 0.105. The van der Waals surface area contributed by atoms with Crippen LogP contribution < -0.4 is 15.6 Å². The summed E-state index contributed by atoms with van der Waals surface area (Å²) in [6.07, 6.45) is 2.80. The van der Waals surface area contributed by atoms with Crippen LogP contribution in [0.2, 0.25) is 5.15 Å². The van der Waals surface area contributed by atoms with E-state index in [1.807, 2.05) is 0 Å². The van der Waals surface area contributed by atoms with Gasteiger partial charge < -0.3 is 10.1 Å². The zero-order valence-electron chi connectivity index (χ0n) is 13.9. The van der Waals surface area contributed by atoms with Crippen LogP contribution in [0.25, 0.3) is 5.69 Å². The fraction of sp³-hybridized carbons (Fsp3) is 0.0556. The van der Waals surface area contributed by atoms with Gasteiger partial charge in [-0.05, 0) is 42.5 Å².